The maximum absolute atomic E-state index is 12.9. The maximum atomic E-state index is 12.9. The van der Waals surface area contributed by atoms with Gasteiger partial charge in [-0.2, -0.15) is 4.31 Å². The SMILES string of the molecule is O=C(Nc1nc(-c2ccncc2)cs1)c1ccc(Cl)c(S(=O)(=O)N2CCOCC2)c1. The number of hydrogen-bond acceptors (Lipinski definition) is 7. The number of nitrogens with one attached hydrogen (secondary N) is 1. The van der Waals surface area contributed by atoms with Crippen LogP contribution in [0.1, 0.15) is 10.4 Å². The number of sulfonamides is 1. The first-order valence-corrected chi connectivity index (χ1v) is 11.7. The zero-order chi connectivity index (χ0) is 21.1. The molecule has 11 heteroatoms. The first-order chi connectivity index (χ1) is 14.4. The van der Waals surface area contributed by atoms with Crippen molar-refractivity contribution in [2.24, 2.45) is 0 Å². The van der Waals surface area contributed by atoms with Gasteiger partial charge >= 0.3 is 0 Å². The number of carbonyl (C=O) groups is 1. The average Bonchev–Trinajstić information content (AvgIpc) is 3.23. The van der Waals surface area contributed by atoms with Crippen LogP contribution in [0.15, 0.2) is 53.0 Å². The van der Waals surface area contributed by atoms with E-state index in [0.29, 0.717) is 24.0 Å². The Morgan fingerprint density at radius 2 is 1.90 bits per heavy atom. The molecule has 1 aromatic carbocycles. The second-order valence-electron chi connectivity index (χ2n) is 6.39. The van der Waals surface area contributed by atoms with Gasteiger partial charge in [-0.3, -0.25) is 15.1 Å². The molecule has 8 nitrogen and oxygen atoms in total. The third-order valence-corrected chi connectivity index (χ3v) is 7.62. The van der Waals surface area contributed by atoms with E-state index in [4.69, 9.17) is 16.3 Å². The molecule has 0 aliphatic carbocycles. The molecule has 1 amide bonds. The summed E-state index contributed by atoms with van der Waals surface area (Å²) in [5.74, 6) is -0.472. The van der Waals surface area contributed by atoms with E-state index < -0.39 is 15.9 Å². The molecule has 0 atom stereocenters. The van der Waals surface area contributed by atoms with Crippen LogP contribution in [-0.4, -0.2) is 54.9 Å². The summed E-state index contributed by atoms with van der Waals surface area (Å²) in [7, 11) is -3.83. The number of benzene rings is 1. The lowest BCUT2D eigenvalue weighted by Crippen LogP contribution is -2.40. The second-order valence-corrected chi connectivity index (χ2v) is 9.56. The largest absolute Gasteiger partial charge is 0.379 e. The molecule has 0 saturated carbocycles. The summed E-state index contributed by atoms with van der Waals surface area (Å²) in [5.41, 5.74) is 1.77. The Kier molecular flexibility index (Phi) is 6.11. The highest BCUT2D eigenvalue weighted by molar-refractivity contribution is 7.89. The number of nitrogens with zero attached hydrogens (tertiary/aromatic N) is 3. The molecule has 3 heterocycles. The van der Waals surface area contributed by atoms with Crippen molar-refractivity contribution in [2.45, 2.75) is 4.90 Å². The van der Waals surface area contributed by atoms with E-state index >= 15 is 0 Å². The molecule has 4 rings (SSSR count). The lowest BCUT2D eigenvalue weighted by atomic mass is 10.2. The van der Waals surface area contributed by atoms with E-state index in [9.17, 15) is 13.2 Å². The number of aromatic nitrogens is 2. The van der Waals surface area contributed by atoms with Crippen LogP contribution in [0.4, 0.5) is 5.13 Å². The highest BCUT2D eigenvalue weighted by atomic mass is 35.5. The van der Waals surface area contributed by atoms with Crippen LogP contribution in [-0.2, 0) is 14.8 Å². The molecule has 1 aliphatic rings. The number of thiazole rings is 1. The fourth-order valence-electron chi connectivity index (χ4n) is 2.92. The highest BCUT2D eigenvalue weighted by Crippen LogP contribution is 2.28. The van der Waals surface area contributed by atoms with E-state index in [2.05, 4.69) is 15.3 Å². The smallest absolute Gasteiger partial charge is 0.257 e. The minimum Gasteiger partial charge on any atom is -0.379 e. The van der Waals surface area contributed by atoms with Gasteiger partial charge in [-0.1, -0.05) is 11.6 Å². The molecule has 2 aromatic heterocycles. The van der Waals surface area contributed by atoms with E-state index in [1.807, 2.05) is 17.5 Å². The van der Waals surface area contributed by atoms with Crippen molar-refractivity contribution in [3.63, 3.8) is 0 Å². The zero-order valence-corrected chi connectivity index (χ0v) is 18.0. The van der Waals surface area contributed by atoms with Gasteiger partial charge in [0.05, 0.1) is 23.9 Å². The number of halogens is 1. The average molecular weight is 465 g/mol. The fourth-order valence-corrected chi connectivity index (χ4v) is 5.55. The second kappa shape index (κ2) is 8.78. The van der Waals surface area contributed by atoms with E-state index in [1.54, 1.807) is 12.4 Å². The number of hydrogen-bond donors (Lipinski definition) is 1. The van der Waals surface area contributed by atoms with Gasteiger partial charge in [0, 0.05) is 42.0 Å². The summed E-state index contributed by atoms with van der Waals surface area (Å²) >= 11 is 7.42. The normalized spacial score (nSPS) is 15.1. The van der Waals surface area contributed by atoms with Gasteiger partial charge in [0.25, 0.3) is 5.91 Å². The number of morpholine rings is 1. The molecule has 1 N–H and O–H groups in total. The summed E-state index contributed by atoms with van der Waals surface area (Å²) < 4.78 is 32.4. The van der Waals surface area contributed by atoms with Gasteiger partial charge in [-0.05, 0) is 30.3 Å². The fraction of sp³-hybridized carbons (Fsp3) is 0.211. The van der Waals surface area contributed by atoms with Crippen molar-refractivity contribution >= 4 is 44.0 Å². The Morgan fingerprint density at radius 3 is 2.63 bits per heavy atom. The third-order valence-electron chi connectivity index (χ3n) is 4.48. The molecular weight excluding hydrogens is 448 g/mol. The highest BCUT2D eigenvalue weighted by Gasteiger charge is 2.29. The summed E-state index contributed by atoms with van der Waals surface area (Å²) in [6.07, 6.45) is 3.33. The molecule has 0 radical (unpaired) electrons. The van der Waals surface area contributed by atoms with Crippen LogP contribution in [0, 0.1) is 0 Å². The molecule has 156 valence electrons. The Hall–Kier alpha value is -2.37. The van der Waals surface area contributed by atoms with Crippen LogP contribution in [0.2, 0.25) is 5.02 Å². The molecule has 3 aromatic rings. The van der Waals surface area contributed by atoms with Crippen molar-refractivity contribution in [3.05, 3.63) is 58.7 Å². The first kappa shape index (κ1) is 20.9. The monoisotopic (exact) mass is 464 g/mol. The predicted octanol–water partition coefficient (Wildman–Crippen LogP) is 3.13. The van der Waals surface area contributed by atoms with E-state index in [-0.39, 0.29) is 28.6 Å². The van der Waals surface area contributed by atoms with Crippen LogP contribution >= 0.6 is 22.9 Å². The first-order valence-electron chi connectivity index (χ1n) is 9.00. The molecule has 1 aliphatic heterocycles. The summed E-state index contributed by atoms with van der Waals surface area (Å²) in [4.78, 5) is 21.0. The molecular formula is C19H17ClN4O4S2. The molecule has 0 bridgehead atoms. The zero-order valence-electron chi connectivity index (χ0n) is 15.6. The van der Waals surface area contributed by atoms with Gasteiger partial charge in [-0.25, -0.2) is 13.4 Å². The standard InChI is InChI=1S/C19H17ClN4O4S2/c20-15-2-1-14(11-17(15)30(26,27)24-7-9-28-10-8-24)18(25)23-19-22-16(12-29-19)13-3-5-21-6-4-13/h1-6,11-12H,7-10H2,(H,22,23,25). The predicted molar refractivity (Wildman–Crippen MR) is 114 cm³/mol. The van der Waals surface area contributed by atoms with Crippen LogP contribution in [0.3, 0.4) is 0 Å². The Bertz CT molecular complexity index is 1160. The van der Waals surface area contributed by atoms with Crippen molar-refractivity contribution in [1.82, 2.24) is 14.3 Å². The minimum atomic E-state index is -3.83. The molecule has 0 spiro atoms. The van der Waals surface area contributed by atoms with Crippen molar-refractivity contribution < 1.29 is 17.9 Å². The van der Waals surface area contributed by atoms with Crippen LogP contribution in [0.5, 0.6) is 0 Å². The third kappa shape index (κ3) is 4.37. The number of pyridine rings is 1. The van der Waals surface area contributed by atoms with Crippen LogP contribution in [0.25, 0.3) is 11.3 Å². The molecule has 1 fully saturated rings. The number of carbonyl (C=O) groups excluding carboxylic acids is 1. The Morgan fingerprint density at radius 1 is 1.17 bits per heavy atom. The minimum absolute atomic E-state index is 0.0623. The van der Waals surface area contributed by atoms with Crippen LogP contribution < -0.4 is 5.32 Å². The van der Waals surface area contributed by atoms with Gasteiger partial charge in [0.2, 0.25) is 10.0 Å². The summed E-state index contributed by atoms with van der Waals surface area (Å²) in [6.45, 7) is 1.12. The topological polar surface area (TPSA) is 101 Å². The Labute approximate surface area is 182 Å². The summed E-state index contributed by atoms with van der Waals surface area (Å²) in [5, 5.41) is 4.99. The molecule has 1 saturated heterocycles. The summed E-state index contributed by atoms with van der Waals surface area (Å²) in [6, 6.07) is 7.83. The Balaban J connectivity index is 1.55. The lowest BCUT2D eigenvalue weighted by Gasteiger charge is -2.26. The molecule has 0 unspecified atom stereocenters. The van der Waals surface area contributed by atoms with Crippen molar-refractivity contribution in [1.29, 1.82) is 0 Å². The number of ether oxygens (including phenoxy) is 1. The van der Waals surface area contributed by atoms with Gasteiger partial charge in [0.15, 0.2) is 5.13 Å². The van der Waals surface area contributed by atoms with Gasteiger partial charge in [0.1, 0.15) is 4.90 Å². The van der Waals surface area contributed by atoms with E-state index in [1.165, 1.54) is 33.8 Å². The molecule has 30 heavy (non-hydrogen) atoms. The van der Waals surface area contributed by atoms with Gasteiger partial charge in [-0.15, -0.1) is 11.3 Å². The number of rotatable bonds is 5. The van der Waals surface area contributed by atoms with E-state index in [0.717, 1.165) is 5.56 Å². The quantitative estimate of drug-likeness (QED) is 0.622. The lowest BCUT2D eigenvalue weighted by molar-refractivity contribution is 0.0730. The van der Waals surface area contributed by atoms with Gasteiger partial charge < -0.3 is 4.74 Å². The van der Waals surface area contributed by atoms with Crippen molar-refractivity contribution in [3.8, 4) is 11.3 Å². The van der Waals surface area contributed by atoms with Crippen molar-refractivity contribution in [2.75, 3.05) is 31.6 Å². The number of anilines is 1. The number of amides is 1. The maximum Gasteiger partial charge on any atom is 0.257 e.